The Morgan fingerprint density at radius 1 is 0.744 bits per heavy atom. The Bertz CT molecular complexity index is 1170. The largest absolute Gasteiger partial charge is 0.481 e. The van der Waals surface area contributed by atoms with Crippen LogP contribution in [0.3, 0.4) is 0 Å². The molecule has 0 aliphatic carbocycles. The Hall–Kier alpha value is -4.06. The van der Waals surface area contributed by atoms with Crippen molar-refractivity contribution in [1.29, 1.82) is 0 Å². The van der Waals surface area contributed by atoms with Crippen LogP contribution in [0.1, 0.15) is 78.2 Å². The average molecular weight is 600 g/mol. The van der Waals surface area contributed by atoms with Crippen LogP contribution < -0.4 is 16.0 Å². The van der Waals surface area contributed by atoms with E-state index in [2.05, 4.69) is 25.9 Å². The molecule has 4 atom stereocenters. The van der Waals surface area contributed by atoms with Crippen LogP contribution in [0.2, 0.25) is 0 Å². The molecule has 0 bridgehead atoms. The second-order valence-corrected chi connectivity index (χ2v) is 12.8. The van der Waals surface area contributed by atoms with Crippen LogP contribution in [0.4, 0.5) is 4.79 Å². The highest BCUT2D eigenvalue weighted by Crippen LogP contribution is 2.43. The van der Waals surface area contributed by atoms with Crippen molar-refractivity contribution in [2.75, 3.05) is 6.54 Å². The first-order valence-electron chi connectivity index (χ1n) is 14.3. The average Bonchev–Trinajstić information content (AvgIpc) is 2.91. The molecule has 4 unspecified atom stereocenters. The van der Waals surface area contributed by atoms with E-state index in [4.69, 9.17) is 0 Å². The Kier molecular flexibility index (Phi) is 12.6. The minimum absolute atomic E-state index is 0.0997. The van der Waals surface area contributed by atoms with Crippen molar-refractivity contribution in [2.45, 2.75) is 78.9 Å². The van der Waals surface area contributed by atoms with Gasteiger partial charge < -0.3 is 31.3 Å². The van der Waals surface area contributed by atoms with Crippen LogP contribution in [0.25, 0.3) is 0 Å². The summed E-state index contributed by atoms with van der Waals surface area (Å²) in [5.41, 5.74) is -0.0598. The second kappa shape index (κ2) is 15.4. The number of hydrogen-bond acceptors (Lipinski definition) is 7. The zero-order chi connectivity index (χ0) is 32.4. The fraction of sp³-hybridized carbons (Fsp3) is 0.548. The molecule has 2 heterocycles. The van der Waals surface area contributed by atoms with E-state index in [-0.39, 0.29) is 12.5 Å². The molecule has 2 rings (SSSR count). The molecule has 2 amide bonds. The summed E-state index contributed by atoms with van der Waals surface area (Å²) in [5, 5.41) is 37.9. The summed E-state index contributed by atoms with van der Waals surface area (Å²) >= 11 is 0. The zero-order valence-electron chi connectivity index (χ0n) is 25.7. The van der Waals surface area contributed by atoms with Gasteiger partial charge in [-0.1, -0.05) is 53.7 Å². The number of hydrogen-bond donors (Lipinski definition) is 6. The standard InChI is InChI=1S/C31H45N5O7/c1-30(2,3)22(23(27(39)40)31(4,5)6)25(28(41)42)36-29(43)35-21(26(37)38)15-9-12-18-34-24(19-13-7-10-16-32-19)20-14-8-11-17-33-20/h7-8,10-11,13-14,16-17,21-25,34H,9,12,15,18H2,1-6H3,(H,37,38)(H,39,40)(H,41,42)(H2,35,36,43). The van der Waals surface area contributed by atoms with Crippen molar-refractivity contribution in [2.24, 2.45) is 22.7 Å². The van der Waals surface area contributed by atoms with Crippen molar-refractivity contribution in [3.8, 4) is 0 Å². The summed E-state index contributed by atoms with van der Waals surface area (Å²) in [5.74, 6) is -5.96. The predicted molar refractivity (Wildman–Crippen MR) is 160 cm³/mol. The molecule has 43 heavy (non-hydrogen) atoms. The number of carboxylic acids is 3. The van der Waals surface area contributed by atoms with E-state index < -0.39 is 58.7 Å². The van der Waals surface area contributed by atoms with E-state index in [0.29, 0.717) is 19.4 Å². The Morgan fingerprint density at radius 2 is 1.30 bits per heavy atom. The number of urea groups is 1. The van der Waals surface area contributed by atoms with E-state index in [1.807, 2.05) is 36.4 Å². The molecule has 0 fully saturated rings. The summed E-state index contributed by atoms with van der Waals surface area (Å²) in [6.07, 6.45) is 4.52. The van der Waals surface area contributed by atoms with Gasteiger partial charge in [-0.15, -0.1) is 0 Å². The van der Waals surface area contributed by atoms with E-state index in [9.17, 15) is 34.5 Å². The third kappa shape index (κ3) is 10.6. The van der Waals surface area contributed by atoms with Gasteiger partial charge in [0.2, 0.25) is 0 Å². The van der Waals surface area contributed by atoms with Gasteiger partial charge in [0.15, 0.2) is 0 Å². The van der Waals surface area contributed by atoms with Crippen molar-refractivity contribution in [3.05, 3.63) is 60.2 Å². The van der Waals surface area contributed by atoms with Gasteiger partial charge in [-0.3, -0.25) is 14.8 Å². The van der Waals surface area contributed by atoms with Crippen molar-refractivity contribution >= 4 is 23.9 Å². The summed E-state index contributed by atoms with van der Waals surface area (Å²) in [6.45, 7) is 10.8. The maximum Gasteiger partial charge on any atom is 0.326 e. The lowest BCUT2D eigenvalue weighted by atomic mass is 9.61. The van der Waals surface area contributed by atoms with E-state index in [1.54, 1.807) is 53.9 Å². The quantitative estimate of drug-likeness (QED) is 0.163. The molecule has 0 aliphatic rings. The third-order valence-corrected chi connectivity index (χ3v) is 7.31. The van der Waals surface area contributed by atoms with Crippen LogP contribution >= 0.6 is 0 Å². The molecule has 0 aromatic carbocycles. The van der Waals surface area contributed by atoms with Gasteiger partial charge in [-0.05, 0) is 60.9 Å². The molecule has 0 saturated heterocycles. The SMILES string of the molecule is CC(C)(C)C(C(=O)O)C(C(NC(=O)NC(CCCCNC(c1ccccn1)c1ccccn1)C(=O)O)C(=O)O)C(C)(C)C. The maximum atomic E-state index is 12.9. The number of carbonyl (C=O) groups is 4. The monoisotopic (exact) mass is 599 g/mol. The highest BCUT2D eigenvalue weighted by atomic mass is 16.4. The molecular weight excluding hydrogens is 554 g/mol. The number of amides is 2. The summed E-state index contributed by atoms with van der Waals surface area (Å²) in [6, 6.07) is 7.11. The molecule has 0 saturated carbocycles. The number of nitrogens with zero attached hydrogens (tertiary/aromatic N) is 2. The first kappa shape index (κ1) is 35.1. The number of pyridine rings is 2. The fourth-order valence-corrected chi connectivity index (χ4v) is 5.33. The van der Waals surface area contributed by atoms with Crippen molar-refractivity contribution in [1.82, 2.24) is 25.9 Å². The van der Waals surface area contributed by atoms with Gasteiger partial charge in [-0.2, -0.15) is 0 Å². The fourth-order valence-electron chi connectivity index (χ4n) is 5.33. The van der Waals surface area contributed by atoms with Crippen LogP contribution in [0.5, 0.6) is 0 Å². The molecule has 0 spiro atoms. The summed E-state index contributed by atoms with van der Waals surface area (Å²) < 4.78 is 0. The van der Waals surface area contributed by atoms with Gasteiger partial charge in [0.1, 0.15) is 12.1 Å². The van der Waals surface area contributed by atoms with Crippen LogP contribution in [-0.4, -0.2) is 67.9 Å². The van der Waals surface area contributed by atoms with Crippen molar-refractivity contribution in [3.63, 3.8) is 0 Å². The van der Waals surface area contributed by atoms with Crippen LogP contribution in [-0.2, 0) is 14.4 Å². The number of nitrogens with one attached hydrogen (secondary N) is 3. The number of aromatic nitrogens is 2. The van der Waals surface area contributed by atoms with Gasteiger partial charge in [-0.25, -0.2) is 14.4 Å². The zero-order valence-corrected chi connectivity index (χ0v) is 25.7. The number of carboxylic acid groups (broad SMARTS) is 3. The first-order chi connectivity index (χ1) is 20.0. The number of aliphatic carboxylic acids is 3. The third-order valence-electron chi connectivity index (χ3n) is 7.31. The Morgan fingerprint density at radius 3 is 1.70 bits per heavy atom. The normalized spacial score (nSPS) is 14.8. The molecule has 12 nitrogen and oxygen atoms in total. The lowest BCUT2D eigenvalue weighted by Gasteiger charge is -2.44. The minimum Gasteiger partial charge on any atom is -0.481 e. The van der Waals surface area contributed by atoms with Gasteiger partial charge in [0, 0.05) is 18.3 Å². The van der Waals surface area contributed by atoms with E-state index >= 15 is 0 Å². The topological polar surface area (TPSA) is 191 Å². The summed E-state index contributed by atoms with van der Waals surface area (Å²) in [4.78, 5) is 58.3. The number of rotatable bonds is 15. The number of unbranched alkanes of at least 4 members (excludes halogenated alkanes) is 1. The number of carbonyl (C=O) groups excluding carboxylic acids is 1. The maximum absolute atomic E-state index is 12.9. The highest BCUT2D eigenvalue weighted by Gasteiger charge is 2.50. The molecule has 6 N–H and O–H groups in total. The Labute approximate surface area is 252 Å². The van der Waals surface area contributed by atoms with Gasteiger partial charge in [0.05, 0.1) is 23.3 Å². The second-order valence-electron chi connectivity index (χ2n) is 12.8. The molecule has 0 radical (unpaired) electrons. The van der Waals surface area contributed by atoms with Crippen LogP contribution in [0, 0.1) is 22.7 Å². The summed E-state index contributed by atoms with van der Waals surface area (Å²) in [7, 11) is 0. The molecule has 236 valence electrons. The Balaban J connectivity index is 2.05. The molecule has 2 aromatic heterocycles. The lowest BCUT2D eigenvalue weighted by molar-refractivity contribution is -0.155. The molecule has 2 aromatic rings. The molecule has 0 aliphatic heterocycles. The predicted octanol–water partition coefficient (Wildman–Crippen LogP) is 3.94. The van der Waals surface area contributed by atoms with Gasteiger partial charge in [0.25, 0.3) is 0 Å². The van der Waals surface area contributed by atoms with E-state index in [0.717, 1.165) is 11.4 Å². The molecular formula is C31H45N5O7. The van der Waals surface area contributed by atoms with Crippen LogP contribution in [0.15, 0.2) is 48.8 Å². The van der Waals surface area contributed by atoms with Crippen molar-refractivity contribution < 1.29 is 34.5 Å². The highest BCUT2D eigenvalue weighted by molar-refractivity contribution is 5.87. The van der Waals surface area contributed by atoms with E-state index in [1.165, 1.54) is 0 Å². The smallest absolute Gasteiger partial charge is 0.326 e. The van der Waals surface area contributed by atoms with Gasteiger partial charge >= 0.3 is 23.9 Å². The lowest BCUT2D eigenvalue weighted by Crippen LogP contribution is -2.59. The molecule has 12 heteroatoms. The first-order valence-corrected chi connectivity index (χ1v) is 14.3. The minimum atomic E-state index is -1.57.